The van der Waals surface area contributed by atoms with E-state index in [-0.39, 0.29) is 5.91 Å². The monoisotopic (exact) mass is 250 g/mol. The summed E-state index contributed by atoms with van der Waals surface area (Å²) in [7, 11) is 0. The first-order valence-electron chi connectivity index (χ1n) is 5.39. The van der Waals surface area contributed by atoms with Crippen LogP contribution in [-0.2, 0) is 6.42 Å². The molecular formula is C12H14N2O2S. The predicted molar refractivity (Wildman–Crippen MR) is 66.3 cm³/mol. The summed E-state index contributed by atoms with van der Waals surface area (Å²) in [6.45, 7) is 4.42. The van der Waals surface area contributed by atoms with Crippen LogP contribution >= 0.6 is 11.3 Å². The van der Waals surface area contributed by atoms with E-state index < -0.39 is 0 Å². The van der Waals surface area contributed by atoms with Crippen LogP contribution in [0.1, 0.15) is 26.7 Å². The number of rotatable bonds is 4. The molecule has 2 rings (SSSR count). The van der Waals surface area contributed by atoms with E-state index in [9.17, 15) is 4.79 Å². The summed E-state index contributed by atoms with van der Waals surface area (Å²) in [6, 6.07) is 2.09. The van der Waals surface area contributed by atoms with Crippen LogP contribution in [0.15, 0.2) is 22.3 Å². The largest absolute Gasteiger partial charge is 0.448 e. The van der Waals surface area contributed by atoms with E-state index in [1.165, 1.54) is 16.8 Å². The normalized spacial score (nSPS) is 10.5. The number of nitrogens with one attached hydrogen (secondary N) is 1. The lowest BCUT2D eigenvalue weighted by molar-refractivity contribution is 0.0948. The smallest absolute Gasteiger partial charge is 0.273 e. The molecule has 0 atom stereocenters. The highest BCUT2D eigenvalue weighted by Crippen LogP contribution is 2.15. The molecule has 0 fully saturated rings. The fourth-order valence-corrected chi connectivity index (χ4v) is 2.47. The maximum absolute atomic E-state index is 11.7. The van der Waals surface area contributed by atoms with Gasteiger partial charge in [-0.05, 0) is 37.3 Å². The zero-order chi connectivity index (χ0) is 12.3. The van der Waals surface area contributed by atoms with Gasteiger partial charge in [-0.25, -0.2) is 4.98 Å². The van der Waals surface area contributed by atoms with Gasteiger partial charge in [0.25, 0.3) is 5.91 Å². The Hall–Kier alpha value is -1.62. The zero-order valence-corrected chi connectivity index (χ0v) is 10.6. The number of nitrogens with zero attached hydrogens (tertiary/aromatic N) is 1. The minimum Gasteiger partial charge on any atom is -0.448 e. The van der Waals surface area contributed by atoms with Gasteiger partial charge in [0.1, 0.15) is 5.76 Å². The number of hydrogen-bond donors (Lipinski definition) is 1. The number of carbonyl (C=O) groups excluding carboxylic acids is 1. The Bertz CT molecular complexity index is 516. The molecule has 0 aliphatic rings. The molecule has 2 aromatic heterocycles. The number of amides is 1. The fourth-order valence-electron chi connectivity index (χ4n) is 1.56. The van der Waals surface area contributed by atoms with E-state index >= 15 is 0 Å². The molecule has 0 aliphatic carbocycles. The molecule has 0 saturated carbocycles. The number of aryl methyl sites for hydroxylation is 2. The average molecular weight is 250 g/mol. The third kappa shape index (κ3) is 2.74. The van der Waals surface area contributed by atoms with Gasteiger partial charge < -0.3 is 9.73 Å². The Morgan fingerprint density at radius 3 is 2.94 bits per heavy atom. The maximum Gasteiger partial charge on any atom is 0.273 e. The number of carbonyl (C=O) groups is 1. The highest BCUT2D eigenvalue weighted by molar-refractivity contribution is 7.10. The maximum atomic E-state index is 11.7. The van der Waals surface area contributed by atoms with Crippen molar-refractivity contribution >= 4 is 17.2 Å². The number of aromatic nitrogens is 1. The van der Waals surface area contributed by atoms with Gasteiger partial charge in [-0.1, -0.05) is 0 Å². The molecule has 90 valence electrons. The van der Waals surface area contributed by atoms with Gasteiger partial charge in [0.2, 0.25) is 0 Å². The second-order valence-electron chi connectivity index (χ2n) is 3.79. The van der Waals surface area contributed by atoms with Crippen molar-refractivity contribution in [2.75, 3.05) is 6.54 Å². The quantitative estimate of drug-likeness (QED) is 0.906. The summed E-state index contributed by atoms with van der Waals surface area (Å²) >= 11 is 1.72. The molecule has 1 N–H and O–H groups in total. The summed E-state index contributed by atoms with van der Waals surface area (Å²) in [5.41, 5.74) is 1.65. The highest BCUT2D eigenvalue weighted by atomic mass is 32.1. The van der Waals surface area contributed by atoms with Gasteiger partial charge in [-0.2, -0.15) is 0 Å². The third-order valence-electron chi connectivity index (χ3n) is 2.57. The van der Waals surface area contributed by atoms with E-state index in [2.05, 4.69) is 28.7 Å². The molecule has 0 spiro atoms. The first-order chi connectivity index (χ1) is 8.18. The van der Waals surface area contributed by atoms with Crippen LogP contribution in [0.25, 0.3) is 0 Å². The van der Waals surface area contributed by atoms with Crippen molar-refractivity contribution in [2.24, 2.45) is 0 Å². The number of hydrogen-bond acceptors (Lipinski definition) is 4. The molecule has 2 aromatic rings. The van der Waals surface area contributed by atoms with Crippen molar-refractivity contribution < 1.29 is 9.21 Å². The molecule has 17 heavy (non-hydrogen) atoms. The molecule has 5 heteroatoms. The van der Waals surface area contributed by atoms with Crippen molar-refractivity contribution in [3.63, 3.8) is 0 Å². The van der Waals surface area contributed by atoms with Crippen LogP contribution in [0.4, 0.5) is 0 Å². The molecule has 0 bridgehead atoms. The highest BCUT2D eigenvalue weighted by Gasteiger charge is 2.12. The van der Waals surface area contributed by atoms with Gasteiger partial charge >= 0.3 is 0 Å². The first-order valence-corrected chi connectivity index (χ1v) is 6.27. The van der Waals surface area contributed by atoms with Gasteiger partial charge in [0.15, 0.2) is 12.1 Å². The van der Waals surface area contributed by atoms with Crippen molar-refractivity contribution in [3.05, 3.63) is 39.7 Å². The van der Waals surface area contributed by atoms with Crippen LogP contribution in [-0.4, -0.2) is 17.4 Å². The SMILES string of the molecule is Cc1ccsc1CCNC(=O)c1ncoc1C. The Labute approximate surface area is 104 Å². The van der Waals surface area contributed by atoms with Gasteiger partial charge in [-0.3, -0.25) is 4.79 Å². The van der Waals surface area contributed by atoms with E-state index in [1.807, 2.05) is 0 Å². The molecule has 0 unspecified atom stereocenters. The molecule has 0 saturated heterocycles. The lowest BCUT2D eigenvalue weighted by Gasteiger charge is -2.03. The average Bonchev–Trinajstić information content (AvgIpc) is 2.88. The summed E-state index contributed by atoms with van der Waals surface area (Å²) < 4.78 is 4.99. The fraction of sp³-hybridized carbons (Fsp3) is 0.333. The molecule has 2 heterocycles. The van der Waals surface area contributed by atoms with E-state index in [0.29, 0.717) is 18.0 Å². The molecule has 4 nitrogen and oxygen atoms in total. The van der Waals surface area contributed by atoms with Crippen LogP contribution in [0.5, 0.6) is 0 Å². The van der Waals surface area contributed by atoms with Crippen molar-refractivity contribution in [2.45, 2.75) is 20.3 Å². The van der Waals surface area contributed by atoms with Crippen LogP contribution in [0.2, 0.25) is 0 Å². The second kappa shape index (κ2) is 5.14. The first kappa shape index (κ1) is 11.9. The van der Waals surface area contributed by atoms with Crippen LogP contribution < -0.4 is 5.32 Å². The number of oxazole rings is 1. The van der Waals surface area contributed by atoms with E-state index in [1.54, 1.807) is 18.3 Å². The lowest BCUT2D eigenvalue weighted by Crippen LogP contribution is -2.26. The van der Waals surface area contributed by atoms with E-state index in [4.69, 9.17) is 4.42 Å². The summed E-state index contributed by atoms with van der Waals surface area (Å²) in [5, 5.41) is 4.90. The minimum atomic E-state index is -0.176. The Balaban J connectivity index is 1.86. The Kier molecular flexibility index (Phi) is 3.58. The summed E-state index contributed by atoms with van der Waals surface area (Å²) in [4.78, 5) is 16.9. The molecule has 0 aromatic carbocycles. The van der Waals surface area contributed by atoms with Crippen molar-refractivity contribution in [3.8, 4) is 0 Å². The van der Waals surface area contributed by atoms with Crippen molar-refractivity contribution in [1.29, 1.82) is 0 Å². The van der Waals surface area contributed by atoms with E-state index in [0.717, 1.165) is 6.42 Å². The Morgan fingerprint density at radius 2 is 2.35 bits per heavy atom. The molecular weight excluding hydrogens is 236 g/mol. The third-order valence-corrected chi connectivity index (χ3v) is 3.65. The van der Waals surface area contributed by atoms with Gasteiger partial charge in [0.05, 0.1) is 0 Å². The van der Waals surface area contributed by atoms with Crippen LogP contribution in [0, 0.1) is 13.8 Å². The topological polar surface area (TPSA) is 55.1 Å². The standard InChI is InChI=1S/C12H14N2O2S/c1-8-4-6-17-10(8)3-5-13-12(15)11-9(2)16-7-14-11/h4,6-7H,3,5H2,1-2H3,(H,13,15). The van der Waals surface area contributed by atoms with Gasteiger partial charge in [-0.15, -0.1) is 11.3 Å². The molecule has 1 amide bonds. The zero-order valence-electron chi connectivity index (χ0n) is 9.82. The summed E-state index contributed by atoms with van der Waals surface area (Å²) in [5.74, 6) is 0.375. The summed E-state index contributed by atoms with van der Waals surface area (Å²) in [6.07, 6.45) is 2.14. The minimum absolute atomic E-state index is 0.176. The predicted octanol–water partition coefficient (Wildman–Crippen LogP) is 2.33. The number of thiophene rings is 1. The molecule has 0 aliphatic heterocycles. The van der Waals surface area contributed by atoms with Crippen molar-refractivity contribution in [1.82, 2.24) is 10.3 Å². The van der Waals surface area contributed by atoms with Crippen LogP contribution in [0.3, 0.4) is 0 Å². The van der Waals surface area contributed by atoms with Gasteiger partial charge in [0, 0.05) is 11.4 Å². The second-order valence-corrected chi connectivity index (χ2v) is 4.79. The Morgan fingerprint density at radius 1 is 1.53 bits per heavy atom. The lowest BCUT2D eigenvalue weighted by atomic mass is 10.2. The molecule has 0 radical (unpaired) electrons.